The Labute approximate surface area is 55.8 Å². The molecular weight excluding hydrogens is 112 g/mol. The van der Waals surface area contributed by atoms with E-state index < -0.39 is 0 Å². The summed E-state index contributed by atoms with van der Waals surface area (Å²) in [5.41, 5.74) is 2.01. The van der Waals surface area contributed by atoms with Gasteiger partial charge in [0.2, 0.25) is 0 Å². The zero-order valence-electron chi connectivity index (χ0n) is 6.41. The molecule has 0 bridgehead atoms. The average Bonchev–Trinajstić information content (AvgIpc) is 1.88. The van der Waals surface area contributed by atoms with Crippen molar-refractivity contribution < 1.29 is 0 Å². The van der Waals surface area contributed by atoms with Crippen molar-refractivity contribution in [2.45, 2.75) is 33.2 Å². The minimum Gasteiger partial charge on any atom is -0.109 e. The predicted molar refractivity (Wildman–Crippen MR) is 45.2 cm³/mol. The van der Waals surface area contributed by atoms with Crippen LogP contribution in [0.5, 0.6) is 0 Å². The first-order chi connectivity index (χ1) is 3.83. The molecule has 1 heteroatoms. The zero-order chi connectivity index (χ0) is 6.83. The van der Waals surface area contributed by atoms with Crippen molar-refractivity contribution in [3.63, 3.8) is 0 Å². The van der Waals surface area contributed by atoms with Gasteiger partial charge in [-0.3, -0.25) is 0 Å². The maximum atomic E-state index is 3.54. The van der Waals surface area contributed by atoms with Crippen LogP contribution in [0.4, 0.5) is 0 Å². The third-order valence-electron chi connectivity index (χ3n) is 0.789. The minimum atomic E-state index is 0.188. The van der Waals surface area contributed by atoms with Crippen molar-refractivity contribution in [2.24, 2.45) is 0 Å². The highest BCUT2D eigenvalue weighted by Gasteiger charge is 1.56. The van der Waals surface area contributed by atoms with E-state index in [2.05, 4.69) is 27.0 Å². The van der Waals surface area contributed by atoms with Gasteiger partial charge in [-0.05, 0) is 0 Å². The molecule has 0 aromatic rings. The molecular formula is C7H18Si. The number of hydrogen-bond donors (Lipinski definition) is 0. The third-order valence-corrected chi connectivity index (χ3v) is 1.37. The maximum Gasteiger partial charge on any atom is 0.0415 e. The molecule has 8 heavy (non-hydrogen) atoms. The van der Waals surface area contributed by atoms with Crippen LogP contribution in [0, 0.1) is 0 Å². The first kappa shape index (κ1) is 10.9. The van der Waals surface area contributed by atoms with Crippen LogP contribution in [-0.4, -0.2) is 9.52 Å². The van der Waals surface area contributed by atoms with Gasteiger partial charge in [-0.15, -0.1) is 12.3 Å². The molecule has 0 saturated heterocycles. The van der Waals surface area contributed by atoms with Crippen molar-refractivity contribution >= 4 is 9.52 Å². The van der Waals surface area contributed by atoms with Crippen molar-refractivity contribution in [1.82, 2.24) is 0 Å². The van der Waals surface area contributed by atoms with Crippen molar-refractivity contribution in [3.05, 3.63) is 12.3 Å². The lowest BCUT2D eigenvalue weighted by molar-refractivity contribution is 0.886. The Morgan fingerprint density at radius 1 is 1.38 bits per heavy atom. The fraction of sp³-hybridized carbons (Fsp3) is 0.714. The summed E-state index contributed by atoms with van der Waals surface area (Å²) in [7, 11) is 0.188. The van der Waals surface area contributed by atoms with Gasteiger partial charge in [0.05, 0.1) is 0 Å². The summed E-state index contributed by atoms with van der Waals surface area (Å²) in [6.45, 7) is 10.1. The van der Waals surface area contributed by atoms with Gasteiger partial charge >= 0.3 is 0 Å². The van der Waals surface area contributed by atoms with Gasteiger partial charge in [0.25, 0.3) is 0 Å². The molecule has 0 atom stereocenters. The molecule has 0 aliphatic heterocycles. The molecule has 0 nitrogen and oxygen atoms in total. The SMILES string of the molecule is C=C[SiH2]C.CCCC. The molecule has 0 fully saturated rings. The van der Waals surface area contributed by atoms with E-state index in [4.69, 9.17) is 0 Å². The summed E-state index contributed by atoms with van der Waals surface area (Å²) < 4.78 is 0. The summed E-state index contributed by atoms with van der Waals surface area (Å²) in [5.74, 6) is 0. The lowest BCUT2D eigenvalue weighted by Gasteiger charge is -1.68. The topological polar surface area (TPSA) is 0 Å². The summed E-state index contributed by atoms with van der Waals surface area (Å²) >= 11 is 0. The third kappa shape index (κ3) is 38.2. The fourth-order valence-electron chi connectivity index (χ4n) is 0. The van der Waals surface area contributed by atoms with Crippen LogP contribution in [0.3, 0.4) is 0 Å². The average molecular weight is 130 g/mol. The molecule has 0 unspecified atom stereocenters. The van der Waals surface area contributed by atoms with Crippen LogP contribution in [0.1, 0.15) is 26.7 Å². The molecule has 0 amide bonds. The first-order valence-corrected chi connectivity index (χ1v) is 5.67. The molecule has 0 saturated carbocycles. The highest BCUT2D eigenvalue weighted by atomic mass is 28.2. The highest BCUT2D eigenvalue weighted by Crippen LogP contribution is 1.76. The van der Waals surface area contributed by atoms with Crippen LogP contribution >= 0.6 is 0 Å². The molecule has 0 radical (unpaired) electrons. The predicted octanol–water partition coefficient (Wildman–Crippen LogP) is 2.15. The molecule has 50 valence electrons. The monoisotopic (exact) mass is 130 g/mol. The molecule has 0 spiro atoms. The van der Waals surface area contributed by atoms with Crippen molar-refractivity contribution in [3.8, 4) is 0 Å². The summed E-state index contributed by atoms with van der Waals surface area (Å²) in [5, 5.41) is 0. The lowest BCUT2D eigenvalue weighted by Crippen LogP contribution is -1.61. The molecule has 0 N–H and O–H groups in total. The van der Waals surface area contributed by atoms with Crippen molar-refractivity contribution in [1.29, 1.82) is 0 Å². The van der Waals surface area contributed by atoms with Gasteiger partial charge in [0.15, 0.2) is 0 Å². The Bertz CT molecular complexity index is 31.4. The Morgan fingerprint density at radius 2 is 1.62 bits per heavy atom. The fourth-order valence-corrected chi connectivity index (χ4v) is 0. The number of rotatable bonds is 2. The Morgan fingerprint density at radius 3 is 1.62 bits per heavy atom. The molecule has 0 rings (SSSR count). The second kappa shape index (κ2) is 15.8. The van der Waals surface area contributed by atoms with E-state index in [1.165, 1.54) is 12.8 Å². The smallest absolute Gasteiger partial charge is 0.0415 e. The van der Waals surface area contributed by atoms with Gasteiger partial charge in [-0.2, -0.15) is 0 Å². The number of hydrogen-bond acceptors (Lipinski definition) is 0. The van der Waals surface area contributed by atoms with Crippen LogP contribution in [0.25, 0.3) is 0 Å². The molecule has 0 aliphatic rings. The molecule has 0 heterocycles. The van der Waals surface area contributed by atoms with Crippen LogP contribution < -0.4 is 0 Å². The van der Waals surface area contributed by atoms with Gasteiger partial charge in [-0.1, -0.05) is 33.2 Å². The normalized spacial score (nSPS) is 8.38. The van der Waals surface area contributed by atoms with Gasteiger partial charge in [-0.25, -0.2) is 0 Å². The van der Waals surface area contributed by atoms with Crippen LogP contribution in [0.2, 0.25) is 6.55 Å². The lowest BCUT2D eigenvalue weighted by atomic mass is 10.4. The summed E-state index contributed by atoms with van der Waals surface area (Å²) in [6, 6.07) is 0. The zero-order valence-corrected chi connectivity index (χ0v) is 7.82. The van der Waals surface area contributed by atoms with E-state index in [0.29, 0.717) is 0 Å². The van der Waals surface area contributed by atoms with Gasteiger partial charge in [0, 0.05) is 9.52 Å². The van der Waals surface area contributed by atoms with E-state index in [0.717, 1.165) is 0 Å². The van der Waals surface area contributed by atoms with E-state index >= 15 is 0 Å². The van der Waals surface area contributed by atoms with Crippen molar-refractivity contribution in [2.75, 3.05) is 0 Å². The molecule has 0 aliphatic carbocycles. The Balaban J connectivity index is 0. The van der Waals surface area contributed by atoms with Gasteiger partial charge < -0.3 is 0 Å². The van der Waals surface area contributed by atoms with Crippen LogP contribution in [-0.2, 0) is 0 Å². The first-order valence-electron chi connectivity index (χ1n) is 3.44. The number of unbranched alkanes of at least 4 members (excludes halogenated alkanes) is 1. The Hall–Kier alpha value is -0.0431. The highest BCUT2D eigenvalue weighted by molar-refractivity contribution is 6.39. The maximum absolute atomic E-state index is 3.54. The van der Waals surface area contributed by atoms with E-state index in [1.54, 1.807) is 0 Å². The molecule has 0 aromatic carbocycles. The standard InChI is InChI=1S/C4H10.C3H8Si/c2*1-3-4-2/h3-4H2,1-2H3;3H,1,4H2,2H3. The summed E-state index contributed by atoms with van der Waals surface area (Å²) in [6.07, 6.45) is 2.64. The summed E-state index contributed by atoms with van der Waals surface area (Å²) in [4.78, 5) is 0. The van der Waals surface area contributed by atoms with Crippen LogP contribution in [0.15, 0.2) is 12.3 Å². The van der Waals surface area contributed by atoms with E-state index in [9.17, 15) is 0 Å². The quantitative estimate of drug-likeness (QED) is 0.502. The second-order valence-corrected chi connectivity index (χ2v) is 3.09. The minimum absolute atomic E-state index is 0.188. The van der Waals surface area contributed by atoms with E-state index in [1.807, 2.05) is 5.70 Å². The largest absolute Gasteiger partial charge is 0.109 e. The van der Waals surface area contributed by atoms with E-state index in [-0.39, 0.29) is 9.52 Å². The molecule has 0 aromatic heterocycles. The Kier molecular flexibility index (Phi) is 21.4. The van der Waals surface area contributed by atoms with Gasteiger partial charge in [0.1, 0.15) is 0 Å². The second-order valence-electron chi connectivity index (χ2n) is 1.70.